The molecule has 2 aromatic heterocycles. The van der Waals surface area contributed by atoms with Crippen LogP contribution in [0.15, 0.2) is 52.5 Å². The lowest BCUT2D eigenvalue weighted by atomic mass is 10.2. The lowest BCUT2D eigenvalue weighted by molar-refractivity contribution is 0.602. The van der Waals surface area contributed by atoms with Crippen molar-refractivity contribution < 1.29 is 4.42 Å². The van der Waals surface area contributed by atoms with Crippen molar-refractivity contribution in [2.45, 2.75) is 13.1 Å². The van der Waals surface area contributed by atoms with Gasteiger partial charge in [0.05, 0.1) is 6.26 Å². The summed E-state index contributed by atoms with van der Waals surface area (Å²) >= 11 is 1.78. The standard InChI is InChI=1S/C14H13NOS/c1-2-6-14-13(5-1)11(10-16-14)8-15-9-12-4-3-7-17-12/h1-7,10,15H,8-9H2. The van der Waals surface area contributed by atoms with Gasteiger partial charge in [0.25, 0.3) is 0 Å². The number of furan rings is 1. The Morgan fingerprint density at radius 1 is 1.06 bits per heavy atom. The van der Waals surface area contributed by atoms with Crippen molar-refractivity contribution in [3.8, 4) is 0 Å². The molecule has 0 fully saturated rings. The molecule has 0 unspecified atom stereocenters. The highest BCUT2D eigenvalue weighted by atomic mass is 32.1. The highest BCUT2D eigenvalue weighted by Crippen LogP contribution is 2.20. The summed E-state index contributed by atoms with van der Waals surface area (Å²) in [6, 6.07) is 12.4. The third-order valence-corrected chi connectivity index (χ3v) is 3.63. The quantitative estimate of drug-likeness (QED) is 0.754. The van der Waals surface area contributed by atoms with Crippen LogP contribution < -0.4 is 5.32 Å². The van der Waals surface area contributed by atoms with Crippen LogP contribution in [0.4, 0.5) is 0 Å². The van der Waals surface area contributed by atoms with Gasteiger partial charge in [0.2, 0.25) is 0 Å². The van der Waals surface area contributed by atoms with Gasteiger partial charge in [-0.1, -0.05) is 24.3 Å². The SMILES string of the molecule is c1csc(CNCc2coc3ccccc23)c1. The minimum Gasteiger partial charge on any atom is -0.464 e. The van der Waals surface area contributed by atoms with Crippen molar-refractivity contribution >= 4 is 22.3 Å². The largest absolute Gasteiger partial charge is 0.464 e. The second-order valence-electron chi connectivity index (χ2n) is 3.94. The fourth-order valence-electron chi connectivity index (χ4n) is 1.90. The summed E-state index contributed by atoms with van der Waals surface area (Å²) < 4.78 is 5.50. The molecule has 3 aromatic rings. The first kappa shape index (κ1) is 10.6. The van der Waals surface area contributed by atoms with Gasteiger partial charge < -0.3 is 9.73 Å². The third-order valence-electron chi connectivity index (χ3n) is 2.76. The van der Waals surface area contributed by atoms with Crippen LogP contribution in [-0.4, -0.2) is 0 Å². The van der Waals surface area contributed by atoms with Crippen LogP contribution in [0.5, 0.6) is 0 Å². The van der Waals surface area contributed by atoms with Crippen molar-refractivity contribution in [1.29, 1.82) is 0 Å². The molecular weight excluding hydrogens is 230 g/mol. The van der Waals surface area contributed by atoms with Gasteiger partial charge in [0, 0.05) is 28.9 Å². The Kier molecular flexibility index (Phi) is 2.94. The van der Waals surface area contributed by atoms with E-state index in [0.29, 0.717) is 0 Å². The van der Waals surface area contributed by atoms with Crippen LogP contribution in [0.1, 0.15) is 10.4 Å². The zero-order valence-corrected chi connectivity index (χ0v) is 10.2. The molecule has 3 heteroatoms. The second kappa shape index (κ2) is 4.73. The molecule has 0 amide bonds. The summed E-state index contributed by atoms with van der Waals surface area (Å²) in [4.78, 5) is 1.36. The zero-order valence-electron chi connectivity index (χ0n) is 9.35. The maximum atomic E-state index is 5.50. The Morgan fingerprint density at radius 2 is 2.00 bits per heavy atom. The first-order valence-corrected chi connectivity index (χ1v) is 6.49. The van der Waals surface area contributed by atoms with Gasteiger partial charge in [0.1, 0.15) is 5.58 Å². The topological polar surface area (TPSA) is 25.2 Å². The maximum Gasteiger partial charge on any atom is 0.134 e. The molecule has 0 spiro atoms. The molecule has 1 aromatic carbocycles. The van der Waals surface area contributed by atoms with E-state index in [2.05, 4.69) is 28.9 Å². The number of nitrogens with one attached hydrogen (secondary N) is 1. The first-order valence-electron chi connectivity index (χ1n) is 5.62. The van der Waals surface area contributed by atoms with E-state index in [1.807, 2.05) is 24.5 Å². The number of hydrogen-bond donors (Lipinski definition) is 1. The second-order valence-corrected chi connectivity index (χ2v) is 4.97. The lowest BCUT2D eigenvalue weighted by Gasteiger charge is -2.00. The van der Waals surface area contributed by atoms with Crippen molar-refractivity contribution in [2.75, 3.05) is 0 Å². The van der Waals surface area contributed by atoms with Crippen LogP contribution >= 0.6 is 11.3 Å². The van der Waals surface area contributed by atoms with Crippen LogP contribution in [-0.2, 0) is 13.1 Å². The highest BCUT2D eigenvalue weighted by molar-refractivity contribution is 7.09. The summed E-state index contributed by atoms with van der Waals surface area (Å²) in [5.74, 6) is 0. The van der Waals surface area contributed by atoms with Crippen LogP contribution in [0.2, 0.25) is 0 Å². The van der Waals surface area contributed by atoms with E-state index in [1.165, 1.54) is 15.8 Å². The van der Waals surface area contributed by atoms with Gasteiger partial charge in [-0.25, -0.2) is 0 Å². The molecule has 0 aliphatic carbocycles. The summed E-state index contributed by atoms with van der Waals surface area (Å²) in [5, 5.41) is 6.73. The lowest BCUT2D eigenvalue weighted by Crippen LogP contribution is -2.11. The first-order chi connectivity index (χ1) is 8.43. The maximum absolute atomic E-state index is 5.50. The molecule has 0 bridgehead atoms. The third kappa shape index (κ3) is 2.25. The zero-order chi connectivity index (χ0) is 11.5. The van der Waals surface area contributed by atoms with Gasteiger partial charge in [0.15, 0.2) is 0 Å². The summed E-state index contributed by atoms with van der Waals surface area (Å²) in [6.07, 6.45) is 1.84. The number of fused-ring (bicyclic) bond motifs is 1. The summed E-state index contributed by atoms with van der Waals surface area (Å²) in [7, 11) is 0. The van der Waals surface area contributed by atoms with Crippen LogP contribution in [0.3, 0.4) is 0 Å². The van der Waals surface area contributed by atoms with E-state index < -0.39 is 0 Å². The number of rotatable bonds is 4. The fraction of sp³-hybridized carbons (Fsp3) is 0.143. The summed E-state index contributed by atoms with van der Waals surface area (Å²) in [5.41, 5.74) is 2.18. The molecule has 17 heavy (non-hydrogen) atoms. The van der Waals surface area contributed by atoms with Gasteiger partial charge in [-0.2, -0.15) is 0 Å². The monoisotopic (exact) mass is 243 g/mol. The predicted octanol–water partition coefficient (Wildman–Crippen LogP) is 3.78. The Bertz CT molecular complexity index is 598. The molecule has 0 aliphatic heterocycles. The molecule has 2 heterocycles. The Labute approximate surface area is 104 Å². The molecule has 86 valence electrons. The van der Waals surface area contributed by atoms with E-state index in [-0.39, 0.29) is 0 Å². The van der Waals surface area contributed by atoms with Gasteiger partial charge >= 0.3 is 0 Å². The molecule has 3 rings (SSSR count). The molecular formula is C14H13NOS. The molecule has 2 nitrogen and oxygen atoms in total. The average Bonchev–Trinajstić information content (AvgIpc) is 2.99. The minimum absolute atomic E-state index is 0.842. The molecule has 1 N–H and O–H groups in total. The highest BCUT2D eigenvalue weighted by Gasteiger charge is 2.04. The Morgan fingerprint density at radius 3 is 2.88 bits per heavy atom. The minimum atomic E-state index is 0.842. The fourth-order valence-corrected chi connectivity index (χ4v) is 2.58. The summed E-state index contributed by atoms with van der Waals surface area (Å²) in [6.45, 7) is 1.76. The molecule has 0 saturated carbocycles. The number of thiophene rings is 1. The van der Waals surface area contributed by atoms with E-state index in [1.54, 1.807) is 11.3 Å². The van der Waals surface area contributed by atoms with Crippen LogP contribution in [0.25, 0.3) is 11.0 Å². The molecule has 0 atom stereocenters. The van der Waals surface area contributed by atoms with E-state index in [4.69, 9.17) is 4.42 Å². The van der Waals surface area contributed by atoms with Crippen LogP contribution in [0, 0.1) is 0 Å². The normalized spacial score (nSPS) is 11.1. The van der Waals surface area contributed by atoms with E-state index in [9.17, 15) is 0 Å². The smallest absolute Gasteiger partial charge is 0.134 e. The Hall–Kier alpha value is -1.58. The van der Waals surface area contributed by atoms with E-state index in [0.717, 1.165) is 18.7 Å². The molecule has 0 saturated heterocycles. The van der Waals surface area contributed by atoms with Gasteiger partial charge in [-0.05, 0) is 17.5 Å². The molecule has 0 radical (unpaired) electrons. The number of para-hydroxylation sites is 1. The van der Waals surface area contributed by atoms with Gasteiger partial charge in [-0.3, -0.25) is 0 Å². The average molecular weight is 243 g/mol. The molecule has 0 aliphatic rings. The predicted molar refractivity (Wildman–Crippen MR) is 71.1 cm³/mol. The van der Waals surface area contributed by atoms with Crippen molar-refractivity contribution in [3.63, 3.8) is 0 Å². The van der Waals surface area contributed by atoms with Gasteiger partial charge in [-0.15, -0.1) is 11.3 Å². The van der Waals surface area contributed by atoms with Crippen molar-refractivity contribution in [3.05, 3.63) is 58.5 Å². The Balaban J connectivity index is 1.69. The number of hydrogen-bond acceptors (Lipinski definition) is 3. The van der Waals surface area contributed by atoms with Crippen molar-refractivity contribution in [2.24, 2.45) is 0 Å². The number of benzene rings is 1. The van der Waals surface area contributed by atoms with Crippen molar-refractivity contribution in [1.82, 2.24) is 5.32 Å². The van der Waals surface area contributed by atoms with E-state index >= 15 is 0 Å².